The molecule has 0 saturated carbocycles. The highest BCUT2D eigenvalue weighted by Gasteiger charge is 2.26. The quantitative estimate of drug-likeness (QED) is 0.371. The second-order valence-electron chi connectivity index (χ2n) is 8.36. The van der Waals surface area contributed by atoms with Crippen molar-refractivity contribution < 1.29 is 23.9 Å². The van der Waals surface area contributed by atoms with E-state index in [0.717, 1.165) is 12.0 Å². The van der Waals surface area contributed by atoms with E-state index in [0.29, 0.717) is 0 Å². The zero-order valence-electron chi connectivity index (χ0n) is 20.8. The normalized spacial score (nSPS) is 16.4. The lowest BCUT2D eigenvalue weighted by Gasteiger charge is -2.23. The number of carbonyl (C=O) groups excluding carboxylic acids is 3. The van der Waals surface area contributed by atoms with Gasteiger partial charge in [0.2, 0.25) is 11.8 Å². The third-order valence-electron chi connectivity index (χ3n) is 5.50. The number of ether oxygens (including phenoxy) is 2. The van der Waals surface area contributed by atoms with E-state index >= 15 is 0 Å². The maximum atomic E-state index is 12.6. The van der Waals surface area contributed by atoms with Crippen molar-refractivity contribution in [3.05, 3.63) is 59.7 Å². The van der Waals surface area contributed by atoms with Gasteiger partial charge in [-0.3, -0.25) is 9.59 Å². The molecular weight excluding hydrogens is 420 g/mol. The number of allylic oxidation sites excluding steroid dienone is 2. The minimum absolute atomic E-state index is 0.0198. The van der Waals surface area contributed by atoms with Crippen LogP contribution in [-0.4, -0.2) is 50.2 Å². The smallest absolute Gasteiger partial charge is 0.328 e. The molecule has 0 aromatic heterocycles. The summed E-state index contributed by atoms with van der Waals surface area (Å²) in [7, 11) is 2.98. The molecule has 2 N–H and O–H groups in total. The molecule has 1 unspecified atom stereocenters. The van der Waals surface area contributed by atoms with Gasteiger partial charge in [-0.1, -0.05) is 68.0 Å². The van der Waals surface area contributed by atoms with Crippen LogP contribution in [0.1, 0.15) is 40.2 Å². The van der Waals surface area contributed by atoms with E-state index in [-0.39, 0.29) is 23.8 Å². The molecule has 1 aromatic carbocycles. The maximum Gasteiger partial charge on any atom is 0.328 e. The average molecular weight is 459 g/mol. The fraction of sp³-hybridized carbons (Fsp3) is 0.500. The first-order valence-corrected chi connectivity index (χ1v) is 11.2. The van der Waals surface area contributed by atoms with Crippen molar-refractivity contribution >= 4 is 17.8 Å². The fourth-order valence-electron chi connectivity index (χ4n) is 3.48. The van der Waals surface area contributed by atoms with Crippen LogP contribution in [0.3, 0.4) is 0 Å². The Labute approximate surface area is 197 Å². The van der Waals surface area contributed by atoms with Gasteiger partial charge in [-0.15, -0.1) is 0 Å². The molecule has 182 valence electrons. The van der Waals surface area contributed by atoms with Crippen molar-refractivity contribution in [2.75, 3.05) is 14.2 Å². The number of rotatable bonds is 12. The van der Waals surface area contributed by atoms with Gasteiger partial charge in [0.15, 0.2) is 0 Å². The summed E-state index contributed by atoms with van der Waals surface area (Å²) in [5, 5.41) is 5.42. The molecule has 5 atom stereocenters. The summed E-state index contributed by atoms with van der Waals surface area (Å²) in [6, 6.07) is 8.89. The summed E-state index contributed by atoms with van der Waals surface area (Å²) >= 11 is 0. The van der Waals surface area contributed by atoms with Gasteiger partial charge in [-0.05, 0) is 25.8 Å². The summed E-state index contributed by atoms with van der Waals surface area (Å²) in [6.07, 6.45) is 6.62. The van der Waals surface area contributed by atoms with Gasteiger partial charge in [-0.25, -0.2) is 4.79 Å². The molecule has 7 heteroatoms. The van der Waals surface area contributed by atoms with Crippen molar-refractivity contribution in [1.29, 1.82) is 0 Å². The van der Waals surface area contributed by atoms with Gasteiger partial charge < -0.3 is 20.1 Å². The summed E-state index contributed by atoms with van der Waals surface area (Å²) in [5.74, 6) is -1.57. The Balaban J connectivity index is 2.89. The summed E-state index contributed by atoms with van der Waals surface area (Å²) in [5.41, 5.74) is 2.20. The Morgan fingerprint density at radius 1 is 1.00 bits per heavy atom. The number of carbonyl (C=O) groups is 3. The summed E-state index contributed by atoms with van der Waals surface area (Å²) in [4.78, 5) is 35.9. The molecule has 1 rings (SSSR count). The van der Waals surface area contributed by atoms with Crippen molar-refractivity contribution in [2.24, 2.45) is 11.8 Å². The molecule has 7 nitrogen and oxygen atoms in total. The first-order chi connectivity index (χ1) is 15.6. The Bertz CT molecular complexity index is 834. The molecule has 33 heavy (non-hydrogen) atoms. The monoisotopic (exact) mass is 458 g/mol. The van der Waals surface area contributed by atoms with Crippen molar-refractivity contribution in [3.8, 4) is 0 Å². The van der Waals surface area contributed by atoms with Crippen LogP contribution in [0.2, 0.25) is 0 Å². The minimum Gasteiger partial charge on any atom is -0.467 e. The molecular formula is C26H38N2O5. The van der Waals surface area contributed by atoms with Crippen molar-refractivity contribution in [3.63, 3.8) is 0 Å². The van der Waals surface area contributed by atoms with Gasteiger partial charge in [-0.2, -0.15) is 0 Å². The molecule has 0 bridgehead atoms. The third kappa shape index (κ3) is 10.0. The number of methoxy groups -OCH3 is 2. The van der Waals surface area contributed by atoms with E-state index in [2.05, 4.69) is 40.5 Å². The number of esters is 1. The summed E-state index contributed by atoms with van der Waals surface area (Å²) < 4.78 is 10.4. The fourth-order valence-corrected chi connectivity index (χ4v) is 3.48. The van der Waals surface area contributed by atoms with Crippen LogP contribution in [0, 0.1) is 11.8 Å². The molecule has 0 aliphatic rings. The molecule has 0 aliphatic heterocycles. The van der Waals surface area contributed by atoms with Crippen LogP contribution in [0.25, 0.3) is 0 Å². The lowest BCUT2D eigenvalue weighted by Crippen LogP contribution is -2.48. The number of nitrogens with one attached hydrogen (secondary N) is 2. The highest BCUT2D eigenvalue weighted by Crippen LogP contribution is 2.17. The standard InChI is InChI=1S/C26H38N2O5/c1-17(15-18(2)24(32-6)16-22-11-9-8-10-12-22)13-14-23(28-21(5)29)19(3)25(30)27-20(4)26(31)33-7/h8-15,18-20,23-24H,16H2,1-7H3,(H,27,30)(H,28,29)/t18-,19-,20+,23?,24-/m0/s1. The van der Waals surface area contributed by atoms with Crippen LogP contribution in [0.15, 0.2) is 54.1 Å². The summed E-state index contributed by atoms with van der Waals surface area (Å²) in [6.45, 7) is 8.73. The second kappa shape index (κ2) is 14.3. The topological polar surface area (TPSA) is 93.7 Å². The third-order valence-corrected chi connectivity index (χ3v) is 5.50. The first kappa shape index (κ1) is 28.1. The predicted molar refractivity (Wildman–Crippen MR) is 129 cm³/mol. The van der Waals surface area contributed by atoms with E-state index in [1.54, 1.807) is 27.0 Å². The molecule has 0 heterocycles. The van der Waals surface area contributed by atoms with Crippen LogP contribution >= 0.6 is 0 Å². The highest BCUT2D eigenvalue weighted by molar-refractivity contribution is 5.86. The Morgan fingerprint density at radius 3 is 2.18 bits per heavy atom. The largest absolute Gasteiger partial charge is 0.467 e. The lowest BCUT2D eigenvalue weighted by molar-refractivity contribution is -0.145. The van der Waals surface area contributed by atoms with Gasteiger partial charge in [0.1, 0.15) is 6.04 Å². The number of hydrogen-bond donors (Lipinski definition) is 2. The molecule has 1 aromatic rings. The number of benzene rings is 1. The van der Waals surface area contributed by atoms with E-state index in [9.17, 15) is 14.4 Å². The Hall–Kier alpha value is -2.93. The SMILES string of the molecule is COC(=O)[C@@H](C)NC(=O)[C@@H](C)C(C=CC(C)=C[C@H](C)[C@H](Cc1ccccc1)OC)NC(C)=O. The van der Waals surface area contributed by atoms with Crippen LogP contribution in [-0.2, 0) is 30.3 Å². The number of hydrogen-bond acceptors (Lipinski definition) is 5. The molecule has 0 radical (unpaired) electrons. The zero-order chi connectivity index (χ0) is 25.0. The Morgan fingerprint density at radius 2 is 1.64 bits per heavy atom. The average Bonchev–Trinajstić information content (AvgIpc) is 2.79. The molecule has 0 spiro atoms. The number of amides is 2. The maximum absolute atomic E-state index is 12.6. The Kier molecular flexibility index (Phi) is 12.1. The van der Waals surface area contributed by atoms with Gasteiger partial charge in [0.25, 0.3) is 0 Å². The lowest BCUT2D eigenvalue weighted by atomic mass is 9.94. The van der Waals surface area contributed by atoms with E-state index in [1.165, 1.54) is 19.6 Å². The van der Waals surface area contributed by atoms with Crippen LogP contribution in [0.5, 0.6) is 0 Å². The molecule has 0 fully saturated rings. The van der Waals surface area contributed by atoms with Gasteiger partial charge >= 0.3 is 5.97 Å². The van der Waals surface area contributed by atoms with Crippen molar-refractivity contribution in [2.45, 2.75) is 59.2 Å². The molecule has 0 saturated heterocycles. The highest BCUT2D eigenvalue weighted by atomic mass is 16.5. The molecule has 0 aliphatic carbocycles. The van der Waals surface area contributed by atoms with Crippen molar-refractivity contribution in [1.82, 2.24) is 10.6 Å². The minimum atomic E-state index is -0.773. The first-order valence-electron chi connectivity index (χ1n) is 11.2. The zero-order valence-corrected chi connectivity index (χ0v) is 20.8. The van der Waals surface area contributed by atoms with Gasteiger partial charge in [0.05, 0.1) is 25.2 Å². The molecule has 2 amide bonds. The van der Waals surface area contributed by atoms with E-state index in [1.807, 2.05) is 31.2 Å². The van der Waals surface area contributed by atoms with Crippen LogP contribution in [0.4, 0.5) is 0 Å². The van der Waals surface area contributed by atoms with E-state index in [4.69, 9.17) is 4.74 Å². The second-order valence-corrected chi connectivity index (χ2v) is 8.36. The predicted octanol–water partition coefficient (Wildman–Crippen LogP) is 3.20. The van der Waals surface area contributed by atoms with Crippen LogP contribution < -0.4 is 10.6 Å². The van der Waals surface area contributed by atoms with E-state index < -0.39 is 24.0 Å². The van der Waals surface area contributed by atoms with Gasteiger partial charge in [0, 0.05) is 20.0 Å².